The van der Waals surface area contributed by atoms with Gasteiger partial charge < -0.3 is 14.4 Å². The van der Waals surface area contributed by atoms with Crippen LogP contribution in [-0.4, -0.2) is 64.8 Å². The molecule has 0 aliphatic carbocycles. The first-order valence-corrected chi connectivity index (χ1v) is 11.6. The first kappa shape index (κ1) is 23.3. The van der Waals surface area contributed by atoms with E-state index in [1.54, 1.807) is 24.0 Å². The van der Waals surface area contributed by atoms with Crippen LogP contribution >= 0.6 is 11.6 Å². The van der Waals surface area contributed by atoms with Gasteiger partial charge in [-0.15, -0.1) is 0 Å². The Hall–Kier alpha value is -2.00. The van der Waals surface area contributed by atoms with Crippen molar-refractivity contribution in [3.05, 3.63) is 23.2 Å². The molecule has 1 aliphatic rings. The highest BCUT2D eigenvalue weighted by Gasteiger charge is 2.36. The molecule has 2 rings (SSSR count). The van der Waals surface area contributed by atoms with Crippen LogP contribution in [0.1, 0.15) is 26.2 Å². The predicted octanol–water partition coefficient (Wildman–Crippen LogP) is 2.30. The van der Waals surface area contributed by atoms with Gasteiger partial charge in [-0.1, -0.05) is 18.5 Å². The van der Waals surface area contributed by atoms with Crippen LogP contribution in [0.5, 0.6) is 5.75 Å². The summed E-state index contributed by atoms with van der Waals surface area (Å²) in [7, 11) is -0.957. The lowest BCUT2D eigenvalue weighted by Gasteiger charge is -2.37. The Bertz CT molecular complexity index is 852. The number of ether oxygens (including phenoxy) is 2. The van der Waals surface area contributed by atoms with Crippen molar-refractivity contribution in [3.8, 4) is 5.75 Å². The summed E-state index contributed by atoms with van der Waals surface area (Å²) in [5.41, 5.74) is 0.294. The summed E-state index contributed by atoms with van der Waals surface area (Å²) < 4.78 is 36.2. The molecule has 1 saturated heterocycles. The number of likely N-dealkylation sites (tertiary alicyclic amines) is 1. The summed E-state index contributed by atoms with van der Waals surface area (Å²) >= 11 is 6.17. The summed E-state index contributed by atoms with van der Waals surface area (Å²) in [6.07, 6.45) is 2.32. The molecule has 0 radical (unpaired) electrons. The number of methoxy groups -OCH3 is 2. The zero-order valence-electron chi connectivity index (χ0n) is 17.1. The molecule has 0 bridgehead atoms. The summed E-state index contributed by atoms with van der Waals surface area (Å²) in [6.45, 7) is 2.50. The second-order valence-electron chi connectivity index (χ2n) is 6.92. The van der Waals surface area contributed by atoms with Gasteiger partial charge in [-0.05, 0) is 37.5 Å². The van der Waals surface area contributed by atoms with E-state index in [9.17, 15) is 18.0 Å². The standard InChI is InChI=1S/C19H27ClN2O6S/c1-5-16(18(23)21-10-8-13(9-11-21)19(24)28-3)22(29(4,25)26)14-6-7-17(27-2)15(20)12-14/h6-7,12-13,16H,5,8-11H2,1-4H3/t16-/m0/s1. The van der Waals surface area contributed by atoms with Crippen LogP contribution in [0, 0.1) is 5.92 Å². The number of benzene rings is 1. The quantitative estimate of drug-likeness (QED) is 0.596. The van der Waals surface area contributed by atoms with Crippen LogP contribution in [-0.2, 0) is 24.3 Å². The third kappa shape index (κ3) is 5.33. The minimum atomic E-state index is -3.77. The second-order valence-corrected chi connectivity index (χ2v) is 9.19. The number of sulfonamides is 1. The van der Waals surface area contributed by atoms with Gasteiger partial charge in [0.05, 0.1) is 37.1 Å². The highest BCUT2D eigenvalue weighted by atomic mass is 35.5. The molecule has 0 unspecified atom stereocenters. The number of carbonyl (C=O) groups excluding carboxylic acids is 2. The molecule has 0 spiro atoms. The largest absolute Gasteiger partial charge is 0.495 e. The lowest BCUT2D eigenvalue weighted by Crippen LogP contribution is -2.52. The Balaban J connectivity index is 2.29. The van der Waals surface area contributed by atoms with Gasteiger partial charge in [0, 0.05) is 13.1 Å². The lowest BCUT2D eigenvalue weighted by molar-refractivity contribution is -0.149. The maximum absolute atomic E-state index is 13.2. The summed E-state index contributed by atoms with van der Waals surface area (Å²) in [4.78, 5) is 26.5. The van der Waals surface area contributed by atoms with E-state index in [2.05, 4.69) is 0 Å². The van der Waals surface area contributed by atoms with Crippen molar-refractivity contribution in [1.82, 2.24) is 4.90 Å². The average molecular weight is 447 g/mol. The van der Waals surface area contributed by atoms with Crippen molar-refractivity contribution in [2.45, 2.75) is 32.2 Å². The Labute approximate surface area is 176 Å². The maximum Gasteiger partial charge on any atom is 0.308 e. The Morgan fingerprint density at radius 3 is 2.34 bits per heavy atom. The van der Waals surface area contributed by atoms with Crippen LogP contribution in [0.4, 0.5) is 5.69 Å². The van der Waals surface area contributed by atoms with Crippen molar-refractivity contribution in [3.63, 3.8) is 0 Å². The molecular weight excluding hydrogens is 420 g/mol. The van der Waals surface area contributed by atoms with Gasteiger partial charge >= 0.3 is 5.97 Å². The molecule has 0 N–H and O–H groups in total. The number of amides is 1. The number of nitrogens with zero attached hydrogens (tertiary/aromatic N) is 2. The number of anilines is 1. The number of piperidine rings is 1. The van der Waals surface area contributed by atoms with Crippen molar-refractivity contribution >= 4 is 39.2 Å². The SMILES string of the molecule is CC[C@@H](C(=O)N1CCC(C(=O)OC)CC1)N(c1ccc(OC)c(Cl)c1)S(C)(=O)=O. The van der Waals surface area contributed by atoms with Gasteiger partial charge in [-0.2, -0.15) is 0 Å². The smallest absolute Gasteiger partial charge is 0.308 e. The molecule has 1 aromatic rings. The minimum Gasteiger partial charge on any atom is -0.495 e. The van der Waals surface area contributed by atoms with E-state index in [0.717, 1.165) is 10.6 Å². The molecular formula is C19H27ClN2O6S. The number of carbonyl (C=O) groups is 2. The molecule has 1 heterocycles. The summed E-state index contributed by atoms with van der Waals surface area (Å²) in [6, 6.07) is 3.69. The molecule has 29 heavy (non-hydrogen) atoms. The van der Waals surface area contributed by atoms with Gasteiger partial charge in [0.2, 0.25) is 15.9 Å². The second kappa shape index (κ2) is 9.67. The van der Waals surface area contributed by atoms with Crippen LogP contribution < -0.4 is 9.04 Å². The zero-order valence-corrected chi connectivity index (χ0v) is 18.6. The minimum absolute atomic E-state index is 0.240. The fourth-order valence-electron chi connectivity index (χ4n) is 3.55. The third-order valence-corrected chi connectivity index (χ3v) is 6.52. The zero-order chi connectivity index (χ0) is 21.8. The monoisotopic (exact) mass is 446 g/mol. The van der Waals surface area contributed by atoms with E-state index in [-0.39, 0.29) is 29.2 Å². The molecule has 1 aliphatic heterocycles. The molecule has 0 saturated carbocycles. The van der Waals surface area contributed by atoms with E-state index < -0.39 is 16.1 Å². The number of rotatable bonds is 7. The first-order valence-electron chi connectivity index (χ1n) is 9.33. The Kier molecular flexibility index (Phi) is 7.76. The topological polar surface area (TPSA) is 93.2 Å². The van der Waals surface area contributed by atoms with Crippen molar-refractivity contribution in [1.29, 1.82) is 0 Å². The van der Waals surface area contributed by atoms with Gasteiger partial charge in [0.1, 0.15) is 11.8 Å². The fraction of sp³-hybridized carbons (Fsp3) is 0.579. The number of hydrogen-bond acceptors (Lipinski definition) is 6. The lowest BCUT2D eigenvalue weighted by atomic mass is 9.96. The number of hydrogen-bond donors (Lipinski definition) is 0. The molecule has 1 aromatic carbocycles. The van der Waals surface area contributed by atoms with Gasteiger partial charge in [-0.3, -0.25) is 13.9 Å². The molecule has 8 nitrogen and oxygen atoms in total. The van der Waals surface area contributed by atoms with Gasteiger partial charge in [0.15, 0.2) is 0 Å². The first-order chi connectivity index (χ1) is 13.6. The molecule has 1 amide bonds. The highest BCUT2D eigenvalue weighted by Crippen LogP contribution is 2.32. The van der Waals surface area contributed by atoms with Crippen molar-refractivity contribution in [2.24, 2.45) is 5.92 Å². The summed E-state index contributed by atoms with van der Waals surface area (Å²) in [5, 5.41) is 0.250. The molecule has 1 fully saturated rings. The molecule has 10 heteroatoms. The van der Waals surface area contributed by atoms with Crippen molar-refractivity contribution in [2.75, 3.05) is 37.9 Å². The average Bonchev–Trinajstić information content (AvgIpc) is 2.70. The van der Waals surface area contributed by atoms with Crippen LogP contribution in [0.25, 0.3) is 0 Å². The maximum atomic E-state index is 13.2. The fourth-order valence-corrected chi connectivity index (χ4v) is 5.00. The number of halogens is 1. The van der Waals surface area contributed by atoms with Crippen LogP contribution in [0.2, 0.25) is 5.02 Å². The van der Waals surface area contributed by atoms with Gasteiger partial charge in [-0.25, -0.2) is 8.42 Å². The van der Waals surface area contributed by atoms with E-state index in [1.807, 2.05) is 0 Å². The van der Waals surface area contributed by atoms with Gasteiger partial charge in [0.25, 0.3) is 0 Å². The normalized spacial score (nSPS) is 16.2. The van der Waals surface area contributed by atoms with E-state index in [1.165, 1.54) is 20.3 Å². The molecule has 1 atom stereocenters. The Morgan fingerprint density at radius 2 is 1.90 bits per heavy atom. The van der Waals surface area contributed by atoms with Crippen LogP contribution in [0.15, 0.2) is 18.2 Å². The highest BCUT2D eigenvalue weighted by molar-refractivity contribution is 7.92. The Morgan fingerprint density at radius 1 is 1.28 bits per heavy atom. The third-order valence-electron chi connectivity index (χ3n) is 5.04. The number of esters is 1. The summed E-state index contributed by atoms with van der Waals surface area (Å²) in [5.74, 6) is -0.411. The van der Waals surface area contributed by atoms with E-state index in [4.69, 9.17) is 21.1 Å². The van der Waals surface area contributed by atoms with Crippen LogP contribution in [0.3, 0.4) is 0 Å². The van der Waals surface area contributed by atoms with Crippen molar-refractivity contribution < 1.29 is 27.5 Å². The molecule has 0 aromatic heterocycles. The molecule has 162 valence electrons. The van der Waals surface area contributed by atoms with E-state index >= 15 is 0 Å². The predicted molar refractivity (Wildman–Crippen MR) is 111 cm³/mol. The van der Waals surface area contributed by atoms with E-state index in [0.29, 0.717) is 37.4 Å².